The molecular weight excluding hydrogens is 176 g/mol. The summed E-state index contributed by atoms with van der Waals surface area (Å²) in [7, 11) is 0. The minimum absolute atomic E-state index is 0.429. The van der Waals surface area contributed by atoms with Crippen molar-refractivity contribution in [3.05, 3.63) is 12.2 Å². The summed E-state index contributed by atoms with van der Waals surface area (Å²) in [5.41, 5.74) is 0. The molecule has 1 unspecified atom stereocenters. The molecule has 1 saturated heterocycles. The van der Waals surface area contributed by atoms with Gasteiger partial charge in [-0.05, 0) is 25.4 Å². The summed E-state index contributed by atoms with van der Waals surface area (Å²) in [6.07, 6.45) is 3.12. The minimum atomic E-state index is 0.429. The van der Waals surface area contributed by atoms with Gasteiger partial charge in [0, 0.05) is 12.5 Å². The third-order valence-corrected chi connectivity index (χ3v) is 2.68. The molecule has 0 aromatic carbocycles. The lowest BCUT2D eigenvalue weighted by molar-refractivity contribution is 0.445. The summed E-state index contributed by atoms with van der Waals surface area (Å²) in [4.78, 5) is 4.29. The molecule has 2 rings (SSSR count). The van der Waals surface area contributed by atoms with Gasteiger partial charge in [-0.1, -0.05) is 13.8 Å². The average molecular weight is 194 g/mol. The minimum Gasteiger partial charge on any atom is -0.316 e. The molecule has 1 fully saturated rings. The van der Waals surface area contributed by atoms with Gasteiger partial charge < -0.3 is 5.32 Å². The molecule has 78 valence electrons. The Hall–Kier alpha value is -0.900. The molecule has 0 spiro atoms. The van der Waals surface area contributed by atoms with Crippen molar-refractivity contribution in [2.45, 2.75) is 32.7 Å². The molecule has 0 bridgehead atoms. The van der Waals surface area contributed by atoms with E-state index in [2.05, 4.69) is 29.2 Å². The van der Waals surface area contributed by atoms with Crippen molar-refractivity contribution in [3.8, 4) is 0 Å². The second kappa shape index (κ2) is 4.09. The zero-order chi connectivity index (χ0) is 9.97. The molecule has 1 aliphatic rings. The lowest BCUT2D eigenvalue weighted by atomic mass is 10.1. The van der Waals surface area contributed by atoms with Crippen molar-refractivity contribution >= 4 is 0 Å². The average Bonchev–Trinajstić information content (AvgIpc) is 2.75. The van der Waals surface area contributed by atoms with Crippen molar-refractivity contribution in [2.24, 2.45) is 5.92 Å². The van der Waals surface area contributed by atoms with Gasteiger partial charge in [-0.15, -0.1) is 0 Å². The summed E-state index contributed by atoms with van der Waals surface area (Å²) in [5, 5.41) is 7.81. The maximum absolute atomic E-state index is 4.45. The fraction of sp³-hybridized carbons (Fsp3) is 0.800. The van der Waals surface area contributed by atoms with Crippen molar-refractivity contribution < 1.29 is 0 Å². The molecule has 0 aliphatic carbocycles. The van der Waals surface area contributed by atoms with Crippen LogP contribution < -0.4 is 5.32 Å². The van der Waals surface area contributed by atoms with Crippen LogP contribution in [0.3, 0.4) is 0 Å². The number of nitrogens with zero attached hydrogens (tertiary/aromatic N) is 3. The second-order valence-electron chi connectivity index (χ2n) is 4.34. The first-order valence-electron chi connectivity index (χ1n) is 5.36. The number of rotatable bonds is 3. The number of nitrogens with one attached hydrogen (secondary N) is 1. The largest absolute Gasteiger partial charge is 0.316 e. The highest BCUT2D eigenvalue weighted by Crippen LogP contribution is 2.11. The number of hydrogen-bond acceptors (Lipinski definition) is 3. The highest BCUT2D eigenvalue weighted by atomic mass is 15.3. The highest BCUT2D eigenvalue weighted by molar-refractivity contribution is 4.88. The SMILES string of the molecule is CC(C)c1ncn(CC2CCNC2)n1. The summed E-state index contributed by atoms with van der Waals surface area (Å²) in [6.45, 7) is 7.52. The Morgan fingerprint density at radius 3 is 3.07 bits per heavy atom. The van der Waals surface area contributed by atoms with Crippen molar-refractivity contribution in [2.75, 3.05) is 13.1 Å². The van der Waals surface area contributed by atoms with Gasteiger partial charge in [-0.2, -0.15) is 5.10 Å². The van der Waals surface area contributed by atoms with Gasteiger partial charge in [0.25, 0.3) is 0 Å². The van der Waals surface area contributed by atoms with Crippen LogP contribution in [-0.4, -0.2) is 27.9 Å². The van der Waals surface area contributed by atoms with Crippen molar-refractivity contribution in [1.82, 2.24) is 20.1 Å². The first-order valence-corrected chi connectivity index (χ1v) is 5.36. The van der Waals surface area contributed by atoms with E-state index in [1.54, 1.807) is 0 Å². The highest BCUT2D eigenvalue weighted by Gasteiger charge is 2.15. The Morgan fingerprint density at radius 2 is 2.50 bits per heavy atom. The lowest BCUT2D eigenvalue weighted by Gasteiger charge is -2.06. The molecule has 1 aromatic rings. The van der Waals surface area contributed by atoms with Crippen LogP contribution >= 0.6 is 0 Å². The Balaban J connectivity index is 1.95. The van der Waals surface area contributed by atoms with E-state index < -0.39 is 0 Å². The molecule has 1 atom stereocenters. The monoisotopic (exact) mass is 194 g/mol. The van der Waals surface area contributed by atoms with E-state index in [9.17, 15) is 0 Å². The fourth-order valence-corrected chi connectivity index (χ4v) is 1.80. The van der Waals surface area contributed by atoms with Crippen LogP contribution in [0.25, 0.3) is 0 Å². The van der Waals surface area contributed by atoms with Gasteiger partial charge >= 0.3 is 0 Å². The Kier molecular flexibility index (Phi) is 2.82. The van der Waals surface area contributed by atoms with Crippen LogP contribution in [0.15, 0.2) is 6.33 Å². The van der Waals surface area contributed by atoms with Crippen LogP contribution in [0.5, 0.6) is 0 Å². The Morgan fingerprint density at radius 1 is 1.64 bits per heavy atom. The van der Waals surface area contributed by atoms with Crippen molar-refractivity contribution in [1.29, 1.82) is 0 Å². The molecule has 1 aliphatic heterocycles. The predicted octanol–water partition coefficient (Wildman–Crippen LogP) is 1.01. The molecule has 0 amide bonds. The molecule has 2 heterocycles. The van der Waals surface area contributed by atoms with Gasteiger partial charge in [0.1, 0.15) is 6.33 Å². The quantitative estimate of drug-likeness (QED) is 0.781. The van der Waals surface area contributed by atoms with Crippen LogP contribution in [0.4, 0.5) is 0 Å². The van der Waals surface area contributed by atoms with E-state index in [0.29, 0.717) is 5.92 Å². The van der Waals surface area contributed by atoms with Gasteiger partial charge in [-0.25, -0.2) is 4.98 Å². The zero-order valence-electron chi connectivity index (χ0n) is 8.90. The first kappa shape index (κ1) is 9.65. The van der Waals surface area contributed by atoms with Gasteiger partial charge in [0.05, 0.1) is 0 Å². The molecule has 1 aromatic heterocycles. The van der Waals surface area contributed by atoms with Crippen LogP contribution in [0.2, 0.25) is 0 Å². The Bertz CT molecular complexity index is 286. The molecule has 4 nitrogen and oxygen atoms in total. The zero-order valence-corrected chi connectivity index (χ0v) is 8.90. The smallest absolute Gasteiger partial charge is 0.153 e. The standard InChI is InChI=1S/C10H18N4/c1-8(2)10-12-7-14(13-10)6-9-3-4-11-5-9/h7-9,11H,3-6H2,1-2H3. The van der Waals surface area contributed by atoms with Crippen LogP contribution in [0.1, 0.15) is 32.0 Å². The van der Waals surface area contributed by atoms with Gasteiger partial charge in [0.15, 0.2) is 5.82 Å². The predicted molar refractivity (Wildman–Crippen MR) is 55.1 cm³/mol. The van der Waals surface area contributed by atoms with Gasteiger partial charge in [0.2, 0.25) is 0 Å². The molecule has 0 radical (unpaired) electrons. The third kappa shape index (κ3) is 2.12. The van der Waals surface area contributed by atoms with E-state index in [-0.39, 0.29) is 0 Å². The summed E-state index contributed by atoms with van der Waals surface area (Å²) in [5.74, 6) is 2.12. The van der Waals surface area contributed by atoms with E-state index in [0.717, 1.165) is 31.4 Å². The fourth-order valence-electron chi connectivity index (χ4n) is 1.80. The molecule has 14 heavy (non-hydrogen) atoms. The number of aromatic nitrogens is 3. The molecule has 0 saturated carbocycles. The van der Waals surface area contributed by atoms with Crippen LogP contribution in [0, 0.1) is 5.92 Å². The topological polar surface area (TPSA) is 42.7 Å². The normalized spacial score (nSPS) is 22.1. The van der Waals surface area contributed by atoms with Crippen LogP contribution in [-0.2, 0) is 6.54 Å². The summed E-state index contributed by atoms with van der Waals surface area (Å²) < 4.78 is 1.98. The third-order valence-electron chi connectivity index (χ3n) is 2.68. The summed E-state index contributed by atoms with van der Waals surface area (Å²) in [6, 6.07) is 0. The molecule has 1 N–H and O–H groups in total. The van der Waals surface area contributed by atoms with Crippen molar-refractivity contribution in [3.63, 3.8) is 0 Å². The Labute approximate surface area is 84.7 Å². The molecular formula is C10H18N4. The van der Waals surface area contributed by atoms with Gasteiger partial charge in [-0.3, -0.25) is 4.68 Å². The lowest BCUT2D eigenvalue weighted by Crippen LogP contribution is -2.15. The maximum atomic E-state index is 4.45. The second-order valence-corrected chi connectivity index (χ2v) is 4.34. The molecule has 4 heteroatoms. The van der Waals surface area contributed by atoms with E-state index in [1.165, 1.54) is 6.42 Å². The number of hydrogen-bond donors (Lipinski definition) is 1. The van der Waals surface area contributed by atoms with E-state index >= 15 is 0 Å². The van der Waals surface area contributed by atoms with E-state index in [4.69, 9.17) is 0 Å². The first-order chi connectivity index (χ1) is 6.75. The maximum Gasteiger partial charge on any atom is 0.153 e. The van der Waals surface area contributed by atoms with E-state index in [1.807, 2.05) is 11.0 Å². The summed E-state index contributed by atoms with van der Waals surface area (Å²) >= 11 is 0.